The van der Waals surface area contributed by atoms with Crippen LogP contribution in [0.25, 0.3) is 0 Å². The molecule has 0 bridgehead atoms. The van der Waals surface area contributed by atoms with Gasteiger partial charge in [-0.25, -0.2) is 0 Å². The molecular weight excluding hydrogens is 208 g/mol. The van der Waals surface area contributed by atoms with Gasteiger partial charge in [-0.1, -0.05) is 25.3 Å². The van der Waals surface area contributed by atoms with Gasteiger partial charge in [-0.2, -0.15) is 0 Å². The van der Waals surface area contributed by atoms with E-state index in [2.05, 4.69) is 28.6 Å². The molecule has 1 aromatic rings. The maximum Gasteiger partial charge on any atom is 0.0306 e. The van der Waals surface area contributed by atoms with E-state index in [1.54, 1.807) is 0 Å². The standard InChI is InChI=1S/C15H22N2/c1-2-8-15(9-3-1,12-17-14-6-7-14)13-5-4-10-16-11-13/h4-5,10-11,14,17H,1-3,6-9,12H2. The van der Waals surface area contributed by atoms with Gasteiger partial charge in [-0.05, 0) is 37.3 Å². The van der Waals surface area contributed by atoms with Crippen LogP contribution in [0, 0.1) is 0 Å². The molecule has 1 heterocycles. The molecule has 0 amide bonds. The Morgan fingerprint density at radius 3 is 2.71 bits per heavy atom. The highest BCUT2D eigenvalue weighted by Gasteiger charge is 2.35. The number of pyridine rings is 1. The molecule has 0 aromatic carbocycles. The molecule has 2 heteroatoms. The van der Waals surface area contributed by atoms with Gasteiger partial charge in [-0.3, -0.25) is 4.98 Å². The number of aromatic nitrogens is 1. The zero-order chi connectivity index (χ0) is 11.6. The molecular formula is C15H22N2. The van der Waals surface area contributed by atoms with Crippen LogP contribution in [0.3, 0.4) is 0 Å². The molecule has 2 saturated carbocycles. The molecule has 1 aromatic heterocycles. The van der Waals surface area contributed by atoms with Crippen molar-refractivity contribution in [2.75, 3.05) is 6.54 Å². The first-order valence-electron chi connectivity index (χ1n) is 7.03. The third-order valence-electron chi connectivity index (χ3n) is 4.39. The summed E-state index contributed by atoms with van der Waals surface area (Å²) in [5.41, 5.74) is 1.82. The molecule has 2 aliphatic carbocycles. The summed E-state index contributed by atoms with van der Waals surface area (Å²) in [5, 5.41) is 3.74. The van der Waals surface area contributed by atoms with Gasteiger partial charge in [0.25, 0.3) is 0 Å². The van der Waals surface area contributed by atoms with Gasteiger partial charge in [0, 0.05) is 30.4 Å². The molecule has 0 radical (unpaired) electrons. The Bertz CT molecular complexity index is 350. The first-order chi connectivity index (χ1) is 8.39. The number of nitrogens with zero attached hydrogens (tertiary/aromatic N) is 1. The van der Waals surface area contributed by atoms with Crippen LogP contribution < -0.4 is 5.32 Å². The van der Waals surface area contributed by atoms with E-state index in [-0.39, 0.29) is 0 Å². The van der Waals surface area contributed by atoms with Crippen LogP contribution in [0.5, 0.6) is 0 Å². The highest BCUT2D eigenvalue weighted by atomic mass is 15.0. The van der Waals surface area contributed by atoms with Gasteiger partial charge in [0.1, 0.15) is 0 Å². The van der Waals surface area contributed by atoms with Crippen LogP contribution in [-0.2, 0) is 5.41 Å². The first kappa shape index (κ1) is 11.2. The predicted molar refractivity (Wildman–Crippen MR) is 70.0 cm³/mol. The third kappa shape index (κ3) is 2.52. The van der Waals surface area contributed by atoms with Gasteiger partial charge < -0.3 is 5.32 Å². The Morgan fingerprint density at radius 2 is 2.06 bits per heavy atom. The molecule has 0 unspecified atom stereocenters. The second kappa shape index (κ2) is 4.77. The lowest BCUT2D eigenvalue weighted by molar-refractivity contribution is 0.278. The van der Waals surface area contributed by atoms with Gasteiger partial charge in [0.15, 0.2) is 0 Å². The molecule has 0 atom stereocenters. The van der Waals surface area contributed by atoms with Crippen LogP contribution in [0.1, 0.15) is 50.5 Å². The van der Waals surface area contributed by atoms with Crippen molar-refractivity contribution in [2.24, 2.45) is 0 Å². The molecule has 0 aliphatic heterocycles. The van der Waals surface area contributed by atoms with E-state index >= 15 is 0 Å². The van der Waals surface area contributed by atoms with E-state index in [1.807, 2.05) is 6.20 Å². The Balaban J connectivity index is 1.78. The van der Waals surface area contributed by atoms with Crippen molar-refractivity contribution in [2.45, 2.75) is 56.4 Å². The predicted octanol–water partition coefficient (Wildman–Crippen LogP) is 3.04. The summed E-state index contributed by atoms with van der Waals surface area (Å²) in [6.07, 6.45) is 13.5. The van der Waals surface area contributed by atoms with Gasteiger partial charge >= 0.3 is 0 Å². The van der Waals surface area contributed by atoms with Gasteiger partial charge in [0.2, 0.25) is 0 Å². The molecule has 3 rings (SSSR count). The van der Waals surface area contributed by atoms with Crippen molar-refractivity contribution in [1.29, 1.82) is 0 Å². The molecule has 17 heavy (non-hydrogen) atoms. The lowest BCUT2D eigenvalue weighted by atomic mass is 9.70. The van der Waals surface area contributed by atoms with Crippen molar-refractivity contribution in [1.82, 2.24) is 10.3 Å². The third-order valence-corrected chi connectivity index (χ3v) is 4.39. The van der Waals surface area contributed by atoms with E-state index in [0.29, 0.717) is 5.41 Å². The average Bonchev–Trinajstić information content (AvgIpc) is 3.23. The summed E-state index contributed by atoms with van der Waals surface area (Å²) in [6, 6.07) is 5.17. The maximum atomic E-state index is 4.32. The summed E-state index contributed by atoms with van der Waals surface area (Å²) >= 11 is 0. The second-order valence-electron chi connectivity index (χ2n) is 5.74. The van der Waals surface area contributed by atoms with Crippen LogP contribution in [0.2, 0.25) is 0 Å². The summed E-state index contributed by atoms with van der Waals surface area (Å²) in [7, 11) is 0. The van der Waals surface area contributed by atoms with Crippen LogP contribution >= 0.6 is 0 Å². The Kier molecular flexibility index (Phi) is 3.15. The number of rotatable bonds is 4. The molecule has 2 fully saturated rings. The second-order valence-corrected chi connectivity index (χ2v) is 5.74. The van der Waals surface area contributed by atoms with E-state index in [9.17, 15) is 0 Å². The lowest BCUT2D eigenvalue weighted by Gasteiger charge is -2.38. The minimum atomic E-state index is 0.370. The smallest absolute Gasteiger partial charge is 0.0306 e. The molecule has 0 spiro atoms. The highest BCUT2D eigenvalue weighted by molar-refractivity contribution is 5.23. The number of nitrogens with one attached hydrogen (secondary N) is 1. The van der Waals surface area contributed by atoms with Crippen molar-refractivity contribution in [3.63, 3.8) is 0 Å². The number of hydrogen-bond acceptors (Lipinski definition) is 2. The lowest BCUT2D eigenvalue weighted by Crippen LogP contribution is -2.40. The molecule has 1 N–H and O–H groups in total. The SMILES string of the molecule is c1cncc(C2(CNC3CC3)CCCCC2)c1. The summed E-state index contributed by atoms with van der Waals surface area (Å²) < 4.78 is 0. The van der Waals surface area contributed by atoms with Crippen molar-refractivity contribution in [3.05, 3.63) is 30.1 Å². The molecule has 0 saturated heterocycles. The number of hydrogen-bond donors (Lipinski definition) is 1. The summed E-state index contributed by atoms with van der Waals surface area (Å²) in [4.78, 5) is 4.32. The fourth-order valence-electron chi connectivity index (χ4n) is 3.10. The van der Waals surface area contributed by atoms with E-state index in [4.69, 9.17) is 0 Å². The minimum Gasteiger partial charge on any atom is -0.313 e. The highest BCUT2D eigenvalue weighted by Crippen LogP contribution is 2.39. The van der Waals surface area contributed by atoms with Crippen molar-refractivity contribution >= 4 is 0 Å². The topological polar surface area (TPSA) is 24.9 Å². The summed E-state index contributed by atoms with van der Waals surface area (Å²) in [6.45, 7) is 1.16. The first-order valence-corrected chi connectivity index (χ1v) is 7.03. The van der Waals surface area contributed by atoms with E-state index in [0.717, 1.165) is 12.6 Å². The van der Waals surface area contributed by atoms with Crippen LogP contribution in [0.4, 0.5) is 0 Å². The monoisotopic (exact) mass is 230 g/mol. The zero-order valence-electron chi connectivity index (χ0n) is 10.5. The van der Waals surface area contributed by atoms with Gasteiger partial charge in [-0.15, -0.1) is 0 Å². The van der Waals surface area contributed by atoms with Crippen LogP contribution in [0.15, 0.2) is 24.5 Å². The molecule has 2 aliphatic rings. The minimum absolute atomic E-state index is 0.370. The van der Waals surface area contributed by atoms with Gasteiger partial charge in [0.05, 0.1) is 0 Å². The fraction of sp³-hybridized carbons (Fsp3) is 0.667. The normalized spacial score (nSPS) is 23.5. The molecule has 2 nitrogen and oxygen atoms in total. The van der Waals surface area contributed by atoms with Crippen molar-refractivity contribution < 1.29 is 0 Å². The van der Waals surface area contributed by atoms with E-state index < -0.39 is 0 Å². The molecule has 92 valence electrons. The fourth-order valence-corrected chi connectivity index (χ4v) is 3.10. The summed E-state index contributed by atoms with van der Waals surface area (Å²) in [5.74, 6) is 0. The maximum absolute atomic E-state index is 4.32. The largest absolute Gasteiger partial charge is 0.313 e. The average molecular weight is 230 g/mol. The Hall–Kier alpha value is -0.890. The Labute approximate surface area is 104 Å². The zero-order valence-corrected chi connectivity index (χ0v) is 10.5. The van der Waals surface area contributed by atoms with E-state index in [1.165, 1.54) is 50.5 Å². The Morgan fingerprint density at radius 1 is 1.24 bits per heavy atom. The van der Waals surface area contributed by atoms with Crippen LogP contribution in [-0.4, -0.2) is 17.6 Å². The quantitative estimate of drug-likeness (QED) is 0.860. The van der Waals surface area contributed by atoms with Crippen molar-refractivity contribution in [3.8, 4) is 0 Å².